The zero-order valence-corrected chi connectivity index (χ0v) is 16.3. The van der Waals surface area contributed by atoms with Gasteiger partial charge in [-0.1, -0.05) is 78.9 Å². The van der Waals surface area contributed by atoms with Crippen LogP contribution < -0.4 is 10.6 Å². The maximum absolute atomic E-state index is 13.0. The maximum atomic E-state index is 13.0. The molecule has 5 heteroatoms. The van der Waals surface area contributed by atoms with Gasteiger partial charge in [0.05, 0.1) is 21.5 Å². The number of hydrogen-bond acceptors (Lipinski definition) is 2. The molecule has 0 spiro atoms. The van der Waals surface area contributed by atoms with Crippen LogP contribution >= 0.6 is 12.2 Å². The van der Waals surface area contributed by atoms with Crippen LogP contribution in [0.4, 0.5) is 5.69 Å². The summed E-state index contributed by atoms with van der Waals surface area (Å²) in [6, 6.07) is 29.2. The fraction of sp³-hybridized carbons (Fsp3) is 0.0455. The maximum Gasteiger partial charge on any atom is 0.174 e. The summed E-state index contributed by atoms with van der Waals surface area (Å²) >= 11 is 5.35. The van der Waals surface area contributed by atoms with E-state index in [0.717, 1.165) is 16.8 Å². The van der Waals surface area contributed by atoms with E-state index in [-0.39, 0.29) is 0 Å². The Morgan fingerprint density at radius 3 is 2.04 bits per heavy atom. The van der Waals surface area contributed by atoms with Crippen molar-refractivity contribution in [1.29, 1.82) is 0 Å². The molecule has 0 amide bonds. The minimum absolute atomic E-state index is 0.447. The molecule has 0 radical (unpaired) electrons. The fourth-order valence-electron chi connectivity index (χ4n) is 2.51. The molecule has 2 N–H and O–H groups in total. The van der Waals surface area contributed by atoms with Gasteiger partial charge in [0.15, 0.2) is 5.11 Å². The molecular weight excluding hydrogens is 372 g/mol. The molecule has 3 rings (SSSR count). The number of thiocarbonyl (C=S) groups is 1. The number of nitrogens with one attached hydrogen (secondary N) is 2. The molecule has 0 aliphatic rings. The van der Waals surface area contributed by atoms with Gasteiger partial charge >= 0.3 is 0 Å². The molecule has 1 unspecified atom stereocenters. The molecule has 3 aromatic carbocycles. The number of para-hydroxylation sites is 1. The third kappa shape index (κ3) is 5.88. The van der Waals surface area contributed by atoms with Crippen molar-refractivity contribution >= 4 is 38.7 Å². The van der Waals surface area contributed by atoms with Crippen molar-refractivity contribution in [3.05, 3.63) is 108 Å². The monoisotopic (exact) mass is 392 g/mol. The quantitative estimate of drug-likeness (QED) is 0.584. The van der Waals surface area contributed by atoms with Crippen LogP contribution in [0.5, 0.6) is 0 Å². The highest BCUT2D eigenvalue weighted by Gasteiger charge is 2.11. The van der Waals surface area contributed by atoms with E-state index < -0.39 is 10.8 Å². The van der Waals surface area contributed by atoms with Gasteiger partial charge in [-0.15, -0.1) is 0 Å². The Hall–Kier alpha value is -2.76. The van der Waals surface area contributed by atoms with Crippen molar-refractivity contribution in [1.82, 2.24) is 5.32 Å². The van der Waals surface area contributed by atoms with E-state index in [4.69, 9.17) is 12.2 Å². The van der Waals surface area contributed by atoms with E-state index in [2.05, 4.69) is 10.6 Å². The molecule has 0 bridgehead atoms. The van der Waals surface area contributed by atoms with Crippen molar-refractivity contribution in [3.8, 4) is 0 Å². The van der Waals surface area contributed by atoms with Crippen LogP contribution in [0.1, 0.15) is 11.1 Å². The van der Waals surface area contributed by atoms with Gasteiger partial charge in [0.1, 0.15) is 0 Å². The molecule has 0 heterocycles. The van der Waals surface area contributed by atoms with Crippen LogP contribution in [-0.4, -0.2) is 9.32 Å². The molecule has 0 aliphatic carbocycles. The second kappa shape index (κ2) is 9.80. The van der Waals surface area contributed by atoms with Crippen molar-refractivity contribution in [2.75, 3.05) is 5.32 Å². The first kappa shape index (κ1) is 19.0. The SMILES string of the molecule is O=S(Cc1ccccc1)C(=CNC(=S)Nc1ccccc1)c1ccccc1. The normalized spacial score (nSPS) is 12.2. The third-order valence-electron chi connectivity index (χ3n) is 3.81. The number of benzene rings is 3. The number of anilines is 1. The average Bonchev–Trinajstić information content (AvgIpc) is 2.70. The molecule has 0 saturated carbocycles. The Morgan fingerprint density at radius 2 is 1.41 bits per heavy atom. The molecule has 0 aromatic heterocycles. The molecular formula is C22H20N2OS2. The average molecular weight is 393 g/mol. The zero-order chi connectivity index (χ0) is 18.9. The van der Waals surface area contributed by atoms with Crippen molar-refractivity contribution in [2.24, 2.45) is 0 Å². The topological polar surface area (TPSA) is 41.1 Å². The first-order chi connectivity index (χ1) is 13.2. The summed E-state index contributed by atoms with van der Waals surface area (Å²) in [6.45, 7) is 0. The summed E-state index contributed by atoms with van der Waals surface area (Å²) in [5.41, 5.74) is 2.83. The Morgan fingerprint density at radius 1 is 0.852 bits per heavy atom. The summed E-state index contributed by atoms with van der Waals surface area (Å²) in [7, 11) is -1.21. The molecule has 1 atom stereocenters. The lowest BCUT2D eigenvalue weighted by molar-refractivity contribution is 0.688. The van der Waals surface area contributed by atoms with Gasteiger partial charge in [0.2, 0.25) is 0 Å². The smallest absolute Gasteiger partial charge is 0.174 e. The molecule has 0 fully saturated rings. The summed E-state index contributed by atoms with van der Waals surface area (Å²) in [5, 5.41) is 6.63. The van der Waals surface area contributed by atoms with Crippen molar-refractivity contribution < 1.29 is 4.21 Å². The lowest BCUT2D eigenvalue weighted by Gasteiger charge is -2.11. The third-order valence-corrected chi connectivity index (χ3v) is 5.47. The largest absolute Gasteiger partial charge is 0.338 e. The highest BCUT2D eigenvalue weighted by atomic mass is 32.2. The van der Waals surface area contributed by atoms with E-state index in [0.29, 0.717) is 15.8 Å². The van der Waals surface area contributed by atoms with Crippen LogP contribution in [0, 0.1) is 0 Å². The van der Waals surface area contributed by atoms with Crippen LogP contribution in [0.2, 0.25) is 0 Å². The van der Waals surface area contributed by atoms with E-state index >= 15 is 0 Å². The zero-order valence-electron chi connectivity index (χ0n) is 14.7. The molecule has 27 heavy (non-hydrogen) atoms. The van der Waals surface area contributed by atoms with Crippen molar-refractivity contribution in [2.45, 2.75) is 5.75 Å². The van der Waals surface area contributed by atoms with Gasteiger partial charge in [-0.05, 0) is 35.5 Å². The predicted molar refractivity (Wildman–Crippen MR) is 119 cm³/mol. The molecule has 136 valence electrons. The summed E-state index contributed by atoms with van der Waals surface area (Å²) in [6.07, 6.45) is 1.73. The summed E-state index contributed by atoms with van der Waals surface area (Å²) < 4.78 is 13.0. The lowest BCUT2D eigenvalue weighted by Crippen LogP contribution is -2.24. The first-order valence-corrected chi connectivity index (χ1v) is 10.3. The Kier molecular flexibility index (Phi) is 6.90. The Balaban J connectivity index is 1.76. The van der Waals surface area contributed by atoms with Gasteiger partial charge in [0, 0.05) is 11.9 Å². The molecule has 0 saturated heterocycles. The van der Waals surface area contributed by atoms with Crippen LogP contribution in [0.3, 0.4) is 0 Å². The number of rotatable bonds is 6. The molecule has 0 aliphatic heterocycles. The van der Waals surface area contributed by atoms with Gasteiger partial charge in [-0.3, -0.25) is 4.21 Å². The lowest BCUT2D eigenvalue weighted by atomic mass is 10.2. The van der Waals surface area contributed by atoms with Crippen LogP contribution in [-0.2, 0) is 16.6 Å². The fourth-order valence-corrected chi connectivity index (χ4v) is 3.92. The second-order valence-electron chi connectivity index (χ2n) is 5.81. The van der Waals surface area contributed by atoms with E-state index in [1.54, 1.807) is 6.20 Å². The highest BCUT2D eigenvalue weighted by molar-refractivity contribution is 7.93. The van der Waals surface area contributed by atoms with Crippen LogP contribution in [0.15, 0.2) is 97.2 Å². The molecule has 3 nitrogen and oxygen atoms in total. The number of hydrogen-bond donors (Lipinski definition) is 2. The summed E-state index contributed by atoms with van der Waals surface area (Å²) in [5.74, 6) is 0.447. The standard InChI is InChI=1S/C22H20N2OS2/c25-27(17-18-10-4-1-5-11-18)21(19-12-6-2-7-13-19)16-23-22(26)24-20-14-8-3-9-15-20/h1-16H,17H2,(H2,23,24,26). The van der Waals surface area contributed by atoms with Gasteiger partial charge in [0.25, 0.3) is 0 Å². The van der Waals surface area contributed by atoms with Gasteiger partial charge in [-0.2, -0.15) is 0 Å². The highest BCUT2D eigenvalue weighted by Crippen LogP contribution is 2.20. The van der Waals surface area contributed by atoms with Crippen LogP contribution in [0.25, 0.3) is 4.91 Å². The minimum atomic E-state index is -1.21. The van der Waals surface area contributed by atoms with E-state index in [9.17, 15) is 4.21 Å². The minimum Gasteiger partial charge on any atom is -0.338 e. The molecule has 3 aromatic rings. The predicted octanol–water partition coefficient (Wildman–Crippen LogP) is 4.92. The van der Waals surface area contributed by atoms with Gasteiger partial charge < -0.3 is 10.6 Å². The first-order valence-electron chi connectivity index (χ1n) is 8.53. The van der Waals surface area contributed by atoms with E-state index in [1.165, 1.54) is 0 Å². The van der Waals surface area contributed by atoms with Gasteiger partial charge in [-0.25, -0.2) is 0 Å². The second-order valence-corrected chi connectivity index (χ2v) is 7.64. The Labute approximate surface area is 167 Å². The Bertz CT molecular complexity index is 926. The van der Waals surface area contributed by atoms with E-state index in [1.807, 2.05) is 91.0 Å². The summed E-state index contributed by atoms with van der Waals surface area (Å²) in [4.78, 5) is 0.705. The van der Waals surface area contributed by atoms with Crippen molar-refractivity contribution in [3.63, 3.8) is 0 Å².